The first-order chi connectivity index (χ1) is 40.5. The van der Waals surface area contributed by atoms with Crippen molar-refractivity contribution in [2.24, 2.45) is 63.9 Å². The number of halogens is 3. The quantitative estimate of drug-likeness (QED) is 0.0566. The van der Waals surface area contributed by atoms with Crippen LogP contribution in [-0.2, 0) is 61.8 Å². The van der Waals surface area contributed by atoms with E-state index >= 15 is 0 Å². The Morgan fingerprint density at radius 2 is 0.933 bits per heavy atom. The Hall–Kier alpha value is -3.61. The molecule has 510 valence electrons. The number of rotatable bonds is 21. The minimum Gasteiger partial charge on any atom is -0.542 e. The van der Waals surface area contributed by atoms with E-state index < -0.39 is 49.2 Å². The van der Waals surface area contributed by atoms with Gasteiger partial charge in [-0.3, -0.25) is 38.4 Å². The fourth-order valence-corrected chi connectivity index (χ4v) is 11.9. The molecule has 0 aromatic rings. The number of carbonyl (C=O) groups is 9. The van der Waals surface area contributed by atoms with E-state index in [4.69, 9.17) is 49.4 Å². The topological polar surface area (TPSA) is 348 Å². The maximum Gasteiger partial charge on any atom is 0.475 e. The lowest BCUT2D eigenvalue weighted by Gasteiger charge is -2.64. The Morgan fingerprint density at radius 1 is 0.596 bits per heavy atom. The Bertz CT molecular complexity index is 2380. The highest BCUT2D eigenvalue weighted by Crippen LogP contribution is 2.67. The number of amides is 4. The highest BCUT2D eigenvalue weighted by atomic mass is 31.0. The lowest BCUT2D eigenvalue weighted by Crippen LogP contribution is -2.65. The smallest absolute Gasteiger partial charge is 0.475 e. The van der Waals surface area contributed by atoms with Gasteiger partial charge in [-0.2, -0.15) is 13.2 Å². The molecule has 0 aromatic carbocycles. The predicted octanol–water partition coefficient (Wildman–Crippen LogP) is 4.77. The highest BCUT2D eigenvalue weighted by Gasteiger charge is 2.69. The second-order valence-electron chi connectivity index (χ2n) is 27.5. The molecule has 6 saturated carbocycles. The summed E-state index contributed by atoms with van der Waals surface area (Å²) in [5, 5.41) is 45.3. The second-order valence-corrected chi connectivity index (χ2v) is 28.4. The van der Waals surface area contributed by atoms with Gasteiger partial charge in [0.2, 0.25) is 23.6 Å². The van der Waals surface area contributed by atoms with Crippen LogP contribution in [0.4, 0.5) is 13.2 Å². The number of ketones is 3. The minimum atomic E-state index is -5.19. The average molecular weight is 1310 g/mol. The van der Waals surface area contributed by atoms with Crippen molar-refractivity contribution in [1.82, 2.24) is 21.3 Å². The van der Waals surface area contributed by atoms with Crippen LogP contribution in [0, 0.1) is 58.2 Å². The third kappa shape index (κ3) is 23.4. The number of Topliss-reactive ketones (excluding diaryl/α,β-unsaturated/α-hetero) is 3. The zero-order chi connectivity index (χ0) is 69.6. The van der Waals surface area contributed by atoms with Crippen LogP contribution in [-0.4, -0.2) is 161 Å². The molecule has 8 fully saturated rings. The van der Waals surface area contributed by atoms with Gasteiger partial charge in [-0.25, -0.2) is 0 Å². The molecular formula is C59H106B3F3N5O17P2-. The summed E-state index contributed by atoms with van der Waals surface area (Å²) in [7, 11) is 2.99. The van der Waals surface area contributed by atoms with Gasteiger partial charge in [-0.15, -0.1) is 18.5 Å². The first-order valence-electron chi connectivity index (χ1n) is 31.0. The van der Waals surface area contributed by atoms with E-state index in [2.05, 4.69) is 81.3 Å². The standard InChI is InChI=1S/C20H35BNO4P.C12H22BNO2.C10H21BNO4P.C8H15NO2.C7H13NO3.C2HF3O2/c1-11(10-27)18(24)22-13(3)15(23)7-12(2)21-25-17-9-14-8-16(19(14,4)5)20(17,6)26-21;1-7(14)13-15-10-6-8-5-9(11(8,2)3)12(10,4)16-13;1-6(5-17)10(14)12-8(3)9(13)4-7(2)11(15)16;1-5(2)8(11)9-6(3)7(4)10;1-4(2)6(9)8-5(3)7(10)11;3-2(4,5)1(6)7/h11-14,16-17H,7-10,27H2,1-6H3,(H,22,24);7-10H,5-6,14H2,1-4H3;6-8,15-16H,4-5,17H2,1-3H3,(H,12,14);5-6H,1-4H3,(H,9,11);4-5H,1-3H3,(H,8,9)(H,10,11);(H,6,7)/p-1/t11?,12-,13?,14+,16+,17-,20+;7-,8-,9-,10+,12-;6?,7-,8?;;;/m101.../s1. The van der Waals surface area contributed by atoms with Gasteiger partial charge in [0.1, 0.15) is 12.0 Å². The monoisotopic (exact) mass is 1310 g/mol. The fraction of sp³-hybridized carbons (Fsp3) is 0.847. The molecular weight excluding hydrogens is 1200 g/mol. The third-order valence-corrected chi connectivity index (χ3v) is 20.1. The van der Waals surface area contributed by atoms with E-state index in [1.165, 1.54) is 26.7 Å². The van der Waals surface area contributed by atoms with Gasteiger partial charge in [0, 0.05) is 42.5 Å². The van der Waals surface area contributed by atoms with Crippen LogP contribution in [0.5, 0.6) is 0 Å². The number of carboxylic acids is 2. The molecule has 8 aliphatic rings. The molecule has 0 radical (unpaired) electrons. The van der Waals surface area contributed by atoms with E-state index in [0.29, 0.717) is 47.3 Å². The Morgan fingerprint density at radius 3 is 1.24 bits per heavy atom. The largest absolute Gasteiger partial charge is 0.542 e. The third-order valence-electron chi connectivity index (χ3n) is 18.7. The van der Waals surface area contributed by atoms with Crippen molar-refractivity contribution in [3.05, 3.63) is 0 Å². The number of hydrogen-bond acceptors (Lipinski definition) is 17. The van der Waals surface area contributed by atoms with E-state index in [-0.39, 0.29) is 127 Å². The Kier molecular flexibility index (Phi) is 32.9. The van der Waals surface area contributed by atoms with E-state index in [0.717, 1.165) is 18.8 Å². The lowest BCUT2D eigenvalue weighted by atomic mass is 9.43. The van der Waals surface area contributed by atoms with E-state index in [1.807, 2.05) is 20.8 Å². The number of nitrogens with two attached hydrogens (primary N) is 1. The molecule has 89 heavy (non-hydrogen) atoms. The first kappa shape index (κ1) is 83.4. The molecule has 30 heteroatoms. The van der Waals surface area contributed by atoms with Crippen molar-refractivity contribution in [2.45, 2.75) is 248 Å². The van der Waals surface area contributed by atoms with Gasteiger partial charge in [-0.1, -0.05) is 90.0 Å². The summed E-state index contributed by atoms with van der Waals surface area (Å²) in [4.78, 5) is 99.4. The second kappa shape index (κ2) is 35.1. The first-order valence-corrected chi connectivity index (χ1v) is 32.6. The van der Waals surface area contributed by atoms with E-state index in [9.17, 15) is 51.5 Å². The number of nitrogens with one attached hydrogen (secondary N) is 4. The lowest BCUT2D eigenvalue weighted by molar-refractivity contribution is -0.344. The molecule has 4 bridgehead atoms. The number of alkyl halides is 3. The molecule has 9 N–H and O–H groups in total. The van der Waals surface area contributed by atoms with Gasteiger partial charge in [0.05, 0.1) is 41.5 Å². The normalized spacial score (nSPS) is 27.4. The molecule has 2 aliphatic heterocycles. The fourth-order valence-electron chi connectivity index (χ4n) is 11.5. The van der Waals surface area contributed by atoms with Gasteiger partial charge in [-0.05, 0) is 133 Å². The van der Waals surface area contributed by atoms with Crippen molar-refractivity contribution >= 4 is 92.8 Å². The van der Waals surface area contributed by atoms with Crippen LogP contribution in [0.2, 0.25) is 11.6 Å². The summed E-state index contributed by atoms with van der Waals surface area (Å²) >= 11 is 0. The molecule has 2 saturated heterocycles. The molecule has 0 spiro atoms. The summed E-state index contributed by atoms with van der Waals surface area (Å²) < 4.78 is 56.4. The Labute approximate surface area is 531 Å². The maximum absolute atomic E-state index is 12.6. The molecule has 2 heterocycles. The molecule has 6 aliphatic carbocycles. The Balaban J connectivity index is 0.000000563. The molecule has 4 amide bonds. The number of carboxylic acid groups (broad SMARTS) is 2. The zero-order valence-corrected chi connectivity index (χ0v) is 58.4. The van der Waals surface area contributed by atoms with Gasteiger partial charge in [0.15, 0.2) is 17.3 Å². The number of aliphatic carboxylic acids is 2. The molecule has 0 aromatic heterocycles. The average Bonchev–Trinajstić information content (AvgIpc) is 1.74. The van der Waals surface area contributed by atoms with Crippen LogP contribution in [0.15, 0.2) is 0 Å². The summed E-state index contributed by atoms with van der Waals surface area (Å²) in [5.74, 6) is -3.17. The van der Waals surface area contributed by atoms with Crippen LogP contribution < -0.4 is 32.1 Å². The SMILES string of the molecule is CC(=O)C(C)NC(=O)C(C)C.CC(C)C(=O)NC(C)C(=O)O.CC(CP)C(=O)NC(C)C(=O)C[C@@H](C)B(O)O.CC(CP)C(=O)NC(C)C(=O)C[C@@H](C)B1O[C@@H]2C[C@@H]3C[C@@H](C3(C)C)[C@]2(C)O1.C[C@H](N)B1O[C@@H]2C[C@@H]3C[C@@H](C3(C)C)[C@]2(C)O1.O=C([O-])C(F)(F)F. The maximum atomic E-state index is 12.6. The molecule has 19 atom stereocenters. The van der Waals surface area contributed by atoms with Crippen LogP contribution in [0.25, 0.3) is 0 Å². The predicted molar refractivity (Wildman–Crippen MR) is 339 cm³/mol. The summed E-state index contributed by atoms with van der Waals surface area (Å²) in [6.07, 6.45) is 1.63. The molecule has 8 unspecified atom stereocenters. The van der Waals surface area contributed by atoms with Gasteiger partial charge >= 0.3 is 33.5 Å². The molecule has 8 rings (SSSR count). The van der Waals surface area contributed by atoms with Crippen molar-refractivity contribution in [3.8, 4) is 0 Å². The van der Waals surface area contributed by atoms with E-state index in [1.54, 1.807) is 62.3 Å². The van der Waals surface area contributed by atoms with Gasteiger partial charge < -0.3 is 70.7 Å². The number of hydrogen-bond donors (Lipinski definition) is 8. The van der Waals surface area contributed by atoms with Crippen molar-refractivity contribution in [3.63, 3.8) is 0 Å². The minimum absolute atomic E-state index is 0.0148. The van der Waals surface area contributed by atoms with Crippen LogP contribution >= 0.6 is 18.5 Å². The highest BCUT2D eigenvalue weighted by molar-refractivity contribution is 7.16. The van der Waals surface area contributed by atoms with Crippen LogP contribution in [0.3, 0.4) is 0 Å². The van der Waals surface area contributed by atoms with Gasteiger partial charge in [0.25, 0.3) is 0 Å². The summed E-state index contributed by atoms with van der Waals surface area (Å²) in [6.45, 7) is 38.0. The number of carbonyl (C=O) groups excluding carboxylic acids is 8. The van der Waals surface area contributed by atoms with Crippen molar-refractivity contribution in [2.75, 3.05) is 12.3 Å². The van der Waals surface area contributed by atoms with Crippen molar-refractivity contribution < 1.29 is 95.2 Å². The summed E-state index contributed by atoms with van der Waals surface area (Å²) in [6, 6.07) is -2.23. The molecule has 22 nitrogen and oxygen atoms in total. The zero-order valence-electron chi connectivity index (χ0n) is 56.1. The van der Waals surface area contributed by atoms with Crippen LogP contribution in [0.1, 0.15) is 177 Å². The van der Waals surface area contributed by atoms with Crippen molar-refractivity contribution in [1.29, 1.82) is 0 Å². The summed E-state index contributed by atoms with van der Waals surface area (Å²) in [5.41, 5.74) is 6.28.